The van der Waals surface area contributed by atoms with E-state index in [4.69, 9.17) is 0 Å². The number of aryl methyl sites for hydroxylation is 1. The minimum absolute atomic E-state index is 0.958. The molecule has 0 fully saturated rings. The van der Waals surface area contributed by atoms with E-state index in [-0.39, 0.29) is 0 Å². The van der Waals surface area contributed by atoms with Crippen molar-refractivity contribution in [1.29, 1.82) is 0 Å². The minimum atomic E-state index is 0.958. The Bertz CT molecular complexity index is 284. The Balaban J connectivity index is 2.26. The Morgan fingerprint density at radius 2 is 2.42 bits per heavy atom. The zero-order chi connectivity index (χ0) is 8.55. The Hall–Kier alpha value is -0.130. The summed E-state index contributed by atoms with van der Waals surface area (Å²) in [6, 6.07) is 0. The Morgan fingerprint density at radius 1 is 1.58 bits per heavy atom. The van der Waals surface area contributed by atoms with Gasteiger partial charge in [-0.25, -0.2) is 9.29 Å². The molecule has 3 nitrogen and oxygen atoms in total. The van der Waals surface area contributed by atoms with Gasteiger partial charge in [-0.1, -0.05) is 11.7 Å². The van der Waals surface area contributed by atoms with Gasteiger partial charge in [0.1, 0.15) is 0 Å². The van der Waals surface area contributed by atoms with E-state index in [0.29, 0.717) is 0 Å². The van der Waals surface area contributed by atoms with Crippen molar-refractivity contribution in [1.82, 2.24) is 13.9 Å². The molecule has 12 heavy (non-hydrogen) atoms. The van der Waals surface area contributed by atoms with Gasteiger partial charge < -0.3 is 4.57 Å². The van der Waals surface area contributed by atoms with E-state index in [2.05, 4.69) is 32.4 Å². The number of hydrogen-bond acceptors (Lipinski definition) is 4. The quantitative estimate of drug-likeness (QED) is 0.422. The van der Waals surface area contributed by atoms with Crippen LogP contribution in [0.3, 0.4) is 0 Å². The highest BCUT2D eigenvalue weighted by molar-refractivity contribution is 8.67. The second kappa shape index (κ2) is 3.32. The van der Waals surface area contributed by atoms with Gasteiger partial charge in [0.15, 0.2) is 0 Å². The Morgan fingerprint density at radius 3 is 3.17 bits per heavy atom. The first-order chi connectivity index (χ1) is 5.81. The van der Waals surface area contributed by atoms with E-state index in [1.165, 1.54) is 16.7 Å². The molecule has 0 amide bonds. The molecule has 0 saturated carbocycles. The molecule has 0 unspecified atom stereocenters. The van der Waals surface area contributed by atoms with Gasteiger partial charge in [-0.15, -0.1) is 0 Å². The normalized spacial score (nSPS) is 17.8. The molecular weight excluding hydrogens is 190 g/mol. The van der Waals surface area contributed by atoms with E-state index in [0.717, 1.165) is 25.3 Å². The highest BCUT2D eigenvalue weighted by Gasteiger charge is 2.17. The van der Waals surface area contributed by atoms with Gasteiger partial charge in [-0.05, 0) is 17.9 Å². The monoisotopic (exact) mass is 201 g/mol. The van der Waals surface area contributed by atoms with Crippen LogP contribution in [0.2, 0.25) is 0 Å². The molecule has 0 saturated heterocycles. The standard InChI is InChI=1S/C7H11N3S2/c1-6-7-4-10(12-11)3-2-9(7)5-8-6/h5,11H,2-4H2,1H3. The maximum absolute atomic E-state index is 4.27. The molecule has 0 bridgehead atoms. The van der Waals surface area contributed by atoms with E-state index in [1.807, 2.05) is 6.33 Å². The van der Waals surface area contributed by atoms with Crippen LogP contribution in [0.1, 0.15) is 11.4 Å². The summed E-state index contributed by atoms with van der Waals surface area (Å²) in [5, 5.41) is 0. The number of imidazole rings is 1. The third-order valence-electron chi connectivity index (χ3n) is 2.19. The topological polar surface area (TPSA) is 21.1 Å². The minimum Gasteiger partial charge on any atom is -0.332 e. The molecule has 0 spiro atoms. The Kier molecular flexibility index (Phi) is 2.34. The maximum Gasteiger partial charge on any atom is 0.0952 e. The van der Waals surface area contributed by atoms with Crippen LogP contribution in [0, 0.1) is 6.92 Å². The van der Waals surface area contributed by atoms with E-state index >= 15 is 0 Å². The van der Waals surface area contributed by atoms with E-state index in [9.17, 15) is 0 Å². The molecule has 2 rings (SSSR count). The summed E-state index contributed by atoms with van der Waals surface area (Å²) in [6.45, 7) is 5.10. The lowest BCUT2D eigenvalue weighted by molar-refractivity contribution is 0.377. The van der Waals surface area contributed by atoms with Gasteiger partial charge in [-0.3, -0.25) is 0 Å². The summed E-state index contributed by atoms with van der Waals surface area (Å²) in [5.41, 5.74) is 2.46. The zero-order valence-electron chi connectivity index (χ0n) is 6.90. The molecule has 1 aliphatic heterocycles. The van der Waals surface area contributed by atoms with Gasteiger partial charge in [0.05, 0.1) is 24.3 Å². The fourth-order valence-corrected chi connectivity index (χ4v) is 2.20. The van der Waals surface area contributed by atoms with Crippen molar-refractivity contribution in [3.63, 3.8) is 0 Å². The average Bonchev–Trinajstić information content (AvgIpc) is 2.47. The average molecular weight is 201 g/mol. The van der Waals surface area contributed by atoms with Crippen molar-refractivity contribution in [3.05, 3.63) is 17.7 Å². The molecule has 0 radical (unpaired) electrons. The number of nitrogens with zero attached hydrogens (tertiary/aromatic N) is 3. The molecular formula is C7H11N3S2. The van der Waals surface area contributed by atoms with Crippen molar-refractivity contribution in [2.75, 3.05) is 6.54 Å². The van der Waals surface area contributed by atoms with Crippen molar-refractivity contribution in [2.24, 2.45) is 0 Å². The number of rotatable bonds is 1. The fraction of sp³-hybridized carbons (Fsp3) is 0.571. The van der Waals surface area contributed by atoms with Crippen molar-refractivity contribution in [3.8, 4) is 0 Å². The first-order valence-electron chi connectivity index (χ1n) is 3.88. The van der Waals surface area contributed by atoms with Gasteiger partial charge in [0, 0.05) is 13.1 Å². The van der Waals surface area contributed by atoms with Crippen LogP contribution in [-0.4, -0.2) is 20.4 Å². The second-order valence-electron chi connectivity index (χ2n) is 2.92. The van der Waals surface area contributed by atoms with Crippen LogP contribution < -0.4 is 0 Å². The van der Waals surface area contributed by atoms with Crippen molar-refractivity contribution >= 4 is 22.6 Å². The van der Waals surface area contributed by atoms with Crippen LogP contribution in [-0.2, 0) is 13.1 Å². The predicted molar refractivity (Wildman–Crippen MR) is 54.0 cm³/mol. The molecule has 1 aliphatic rings. The number of thiol groups is 1. The summed E-state index contributed by atoms with van der Waals surface area (Å²) in [6.07, 6.45) is 1.92. The van der Waals surface area contributed by atoms with E-state index in [1.54, 1.807) is 0 Å². The molecule has 1 aromatic heterocycles. The smallest absolute Gasteiger partial charge is 0.0952 e. The highest BCUT2D eigenvalue weighted by Crippen LogP contribution is 2.23. The maximum atomic E-state index is 4.27. The van der Waals surface area contributed by atoms with E-state index < -0.39 is 0 Å². The van der Waals surface area contributed by atoms with Crippen LogP contribution >= 0.6 is 22.6 Å². The first kappa shape index (κ1) is 8.47. The summed E-state index contributed by atoms with van der Waals surface area (Å²) in [7, 11) is 1.51. The van der Waals surface area contributed by atoms with Gasteiger partial charge >= 0.3 is 0 Å². The number of fused-ring (bicyclic) bond motifs is 1. The SMILES string of the molecule is Cc1ncn2c1CN(SS)CC2. The summed E-state index contributed by atoms with van der Waals surface area (Å²) < 4.78 is 4.45. The summed E-state index contributed by atoms with van der Waals surface area (Å²) >= 11 is 4.18. The second-order valence-corrected chi connectivity index (χ2v) is 4.08. The lowest BCUT2D eigenvalue weighted by Crippen LogP contribution is -2.27. The largest absolute Gasteiger partial charge is 0.332 e. The third kappa shape index (κ3) is 1.36. The van der Waals surface area contributed by atoms with Crippen molar-refractivity contribution < 1.29 is 0 Å². The molecule has 1 aromatic rings. The molecule has 0 atom stereocenters. The van der Waals surface area contributed by atoms with Crippen molar-refractivity contribution in [2.45, 2.75) is 20.0 Å². The summed E-state index contributed by atoms with van der Waals surface area (Å²) in [5.74, 6) is 0. The number of aromatic nitrogens is 2. The molecule has 2 heterocycles. The van der Waals surface area contributed by atoms with Gasteiger partial charge in [0.2, 0.25) is 0 Å². The third-order valence-corrected chi connectivity index (χ3v) is 3.42. The Labute approximate surface area is 81.1 Å². The molecule has 0 aromatic carbocycles. The molecule has 5 heteroatoms. The zero-order valence-corrected chi connectivity index (χ0v) is 8.61. The van der Waals surface area contributed by atoms with Crippen LogP contribution in [0.15, 0.2) is 6.33 Å². The van der Waals surface area contributed by atoms with Gasteiger partial charge in [0.25, 0.3) is 0 Å². The fourth-order valence-electron chi connectivity index (χ4n) is 1.44. The van der Waals surface area contributed by atoms with Crippen LogP contribution in [0.25, 0.3) is 0 Å². The first-order valence-corrected chi connectivity index (χ1v) is 5.71. The molecule has 0 aliphatic carbocycles. The molecule has 0 N–H and O–H groups in total. The lowest BCUT2D eigenvalue weighted by Gasteiger charge is -2.25. The van der Waals surface area contributed by atoms with Gasteiger partial charge in [-0.2, -0.15) is 0 Å². The highest BCUT2D eigenvalue weighted by atomic mass is 33.1. The van der Waals surface area contributed by atoms with Crippen LogP contribution in [0.5, 0.6) is 0 Å². The summed E-state index contributed by atoms with van der Waals surface area (Å²) in [4.78, 5) is 4.27. The van der Waals surface area contributed by atoms with Crippen LogP contribution in [0.4, 0.5) is 0 Å². The molecule has 66 valence electrons. The number of hydrogen-bond donors (Lipinski definition) is 1. The predicted octanol–water partition coefficient (Wildman–Crippen LogP) is 1.50. The lowest BCUT2D eigenvalue weighted by atomic mass is 10.3.